The predicted octanol–water partition coefficient (Wildman–Crippen LogP) is 4.26. The molecular formula is C19H25NO. The molecule has 0 radical (unpaired) electrons. The average molecular weight is 283 g/mol. The van der Waals surface area contributed by atoms with Gasteiger partial charge in [0.15, 0.2) is 0 Å². The Balaban J connectivity index is 2.08. The van der Waals surface area contributed by atoms with Crippen LogP contribution in [-0.2, 0) is 0 Å². The molecule has 1 atom stereocenters. The zero-order valence-electron chi connectivity index (χ0n) is 13.7. The minimum absolute atomic E-state index is 0.200. The molecule has 2 nitrogen and oxygen atoms in total. The lowest BCUT2D eigenvalue weighted by Crippen LogP contribution is -2.23. The maximum Gasteiger partial charge on any atom is 0.119 e. The van der Waals surface area contributed by atoms with Crippen molar-refractivity contribution in [3.63, 3.8) is 0 Å². The molecule has 0 spiro atoms. The van der Waals surface area contributed by atoms with Gasteiger partial charge in [0.05, 0.1) is 6.04 Å². The van der Waals surface area contributed by atoms with Gasteiger partial charge >= 0.3 is 0 Å². The predicted molar refractivity (Wildman–Crippen MR) is 89.1 cm³/mol. The zero-order valence-corrected chi connectivity index (χ0v) is 13.7. The van der Waals surface area contributed by atoms with Crippen molar-refractivity contribution in [1.29, 1.82) is 0 Å². The quantitative estimate of drug-likeness (QED) is 0.885. The van der Waals surface area contributed by atoms with Crippen LogP contribution in [0.2, 0.25) is 0 Å². The molecule has 0 aliphatic rings. The number of benzene rings is 2. The third kappa shape index (κ3) is 3.85. The molecule has 0 saturated carbocycles. The smallest absolute Gasteiger partial charge is 0.119 e. The van der Waals surface area contributed by atoms with Crippen molar-refractivity contribution in [2.75, 3.05) is 13.7 Å². The number of ether oxygens (including phenoxy) is 1. The van der Waals surface area contributed by atoms with Gasteiger partial charge in [0.1, 0.15) is 12.4 Å². The lowest BCUT2D eigenvalue weighted by molar-refractivity contribution is 0.273. The van der Waals surface area contributed by atoms with Crippen molar-refractivity contribution in [2.45, 2.75) is 33.7 Å². The number of likely N-dealkylation sites (N-methyl/N-ethyl adjacent to an activating group) is 1. The van der Waals surface area contributed by atoms with Crippen LogP contribution in [0.3, 0.4) is 0 Å². The molecule has 0 aliphatic carbocycles. The van der Waals surface area contributed by atoms with Gasteiger partial charge in [-0.3, -0.25) is 0 Å². The molecule has 0 bridgehead atoms. The summed E-state index contributed by atoms with van der Waals surface area (Å²) in [7, 11) is 1.98. The van der Waals surface area contributed by atoms with E-state index in [9.17, 15) is 0 Å². The molecule has 0 amide bonds. The Hall–Kier alpha value is -1.80. The largest absolute Gasteiger partial charge is 0.492 e. The van der Waals surface area contributed by atoms with Crippen LogP contribution in [-0.4, -0.2) is 13.7 Å². The van der Waals surface area contributed by atoms with E-state index in [0.29, 0.717) is 6.61 Å². The summed E-state index contributed by atoms with van der Waals surface area (Å²) in [6.07, 6.45) is 0. The Kier molecular flexibility index (Phi) is 5.03. The van der Waals surface area contributed by atoms with Crippen LogP contribution in [0.4, 0.5) is 0 Å². The Morgan fingerprint density at radius 1 is 0.857 bits per heavy atom. The monoisotopic (exact) mass is 283 g/mol. The third-order valence-corrected chi connectivity index (χ3v) is 4.18. The third-order valence-electron chi connectivity index (χ3n) is 4.18. The van der Waals surface area contributed by atoms with E-state index in [-0.39, 0.29) is 6.04 Å². The van der Waals surface area contributed by atoms with E-state index in [2.05, 4.69) is 63.3 Å². The van der Waals surface area contributed by atoms with Crippen LogP contribution in [0.15, 0.2) is 36.4 Å². The zero-order chi connectivity index (χ0) is 15.4. The van der Waals surface area contributed by atoms with Gasteiger partial charge in [0.2, 0.25) is 0 Å². The highest BCUT2D eigenvalue weighted by Gasteiger charge is 2.11. The minimum atomic E-state index is 0.200. The molecule has 21 heavy (non-hydrogen) atoms. The van der Waals surface area contributed by atoms with E-state index in [1.54, 1.807) is 0 Å². The highest BCUT2D eigenvalue weighted by Crippen LogP contribution is 2.20. The van der Waals surface area contributed by atoms with Crippen LogP contribution in [0.5, 0.6) is 5.75 Å². The summed E-state index contributed by atoms with van der Waals surface area (Å²) in [5.41, 5.74) is 6.47. The molecule has 2 heteroatoms. The second kappa shape index (κ2) is 6.77. The molecule has 0 fully saturated rings. The molecule has 0 aliphatic heterocycles. The maximum absolute atomic E-state index is 5.96. The Bertz CT molecular complexity index is 619. The molecule has 1 unspecified atom stereocenters. The summed E-state index contributed by atoms with van der Waals surface area (Å²) in [4.78, 5) is 0. The van der Waals surface area contributed by atoms with Gasteiger partial charge in [-0.2, -0.15) is 0 Å². The van der Waals surface area contributed by atoms with Gasteiger partial charge in [-0.05, 0) is 74.7 Å². The number of rotatable bonds is 5. The van der Waals surface area contributed by atoms with Crippen LogP contribution in [0.1, 0.15) is 33.9 Å². The standard InChI is InChI=1S/C19H25NO/c1-13-6-8-17(10-15(13)3)19(20-5)12-21-18-9-7-14(2)16(4)11-18/h6-11,19-20H,12H2,1-5H3. The minimum Gasteiger partial charge on any atom is -0.492 e. The van der Waals surface area contributed by atoms with Crippen molar-refractivity contribution >= 4 is 0 Å². The Labute approximate surface area is 128 Å². The average Bonchev–Trinajstić information content (AvgIpc) is 2.47. The topological polar surface area (TPSA) is 21.3 Å². The van der Waals surface area contributed by atoms with Crippen molar-refractivity contribution in [1.82, 2.24) is 5.32 Å². The first kappa shape index (κ1) is 15.6. The highest BCUT2D eigenvalue weighted by atomic mass is 16.5. The van der Waals surface area contributed by atoms with E-state index in [1.807, 2.05) is 13.1 Å². The molecule has 2 aromatic rings. The van der Waals surface area contributed by atoms with Gasteiger partial charge in [-0.25, -0.2) is 0 Å². The fourth-order valence-corrected chi connectivity index (χ4v) is 2.31. The second-order valence-electron chi connectivity index (χ2n) is 5.74. The summed E-state index contributed by atoms with van der Waals surface area (Å²) in [5, 5.41) is 3.34. The lowest BCUT2D eigenvalue weighted by Gasteiger charge is -2.19. The molecule has 0 aromatic heterocycles. The Morgan fingerprint density at radius 3 is 2.05 bits per heavy atom. The molecule has 2 aromatic carbocycles. The molecule has 112 valence electrons. The fourth-order valence-electron chi connectivity index (χ4n) is 2.31. The van der Waals surface area contributed by atoms with Crippen LogP contribution in [0.25, 0.3) is 0 Å². The molecular weight excluding hydrogens is 258 g/mol. The first-order valence-corrected chi connectivity index (χ1v) is 7.45. The summed E-state index contributed by atoms with van der Waals surface area (Å²) < 4.78 is 5.96. The summed E-state index contributed by atoms with van der Waals surface area (Å²) in [6, 6.07) is 13.0. The van der Waals surface area contributed by atoms with Crippen molar-refractivity contribution < 1.29 is 4.74 Å². The van der Waals surface area contributed by atoms with E-state index in [4.69, 9.17) is 4.74 Å². The second-order valence-corrected chi connectivity index (χ2v) is 5.74. The van der Waals surface area contributed by atoms with Crippen molar-refractivity contribution in [2.24, 2.45) is 0 Å². The molecule has 1 N–H and O–H groups in total. The van der Waals surface area contributed by atoms with Crippen LogP contribution >= 0.6 is 0 Å². The van der Waals surface area contributed by atoms with E-state index < -0.39 is 0 Å². The first-order valence-electron chi connectivity index (χ1n) is 7.45. The molecule has 0 saturated heterocycles. The van der Waals surface area contributed by atoms with Crippen molar-refractivity contribution in [3.8, 4) is 5.75 Å². The number of aryl methyl sites for hydroxylation is 4. The number of nitrogens with one attached hydrogen (secondary N) is 1. The Morgan fingerprint density at radius 2 is 1.48 bits per heavy atom. The van der Waals surface area contributed by atoms with Gasteiger partial charge in [-0.1, -0.05) is 24.3 Å². The summed E-state index contributed by atoms with van der Waals surface area (Å²) in [6.45, 7) is 9.14. The van der Waals surface area contributed by atoms with E-state index >= 15 is 0 Å². The SMILES string of the molecule is CNC(COc1ccc(C)c(C)c1)c1ccc(C)c(C)c1. The van der Waals surface area contributed by atoms with Gasteiger partial charge in [0.25, 0.3) is 0 Å². The maximum atomic E-state index is 5.96. The fraction of sp³-hybridized carbons (Fsp3) is 0.368. The van der Waals surface area contributed by atoms with E-state index in [1.165, 1.54) is 27.8 Å². The molecule has 2 rings (SSSR count). The summed E-state index contributed by atoms with van der Waals surface area (Å²) >= 11 is 0. The van der Waals surface area contributed by atoms with Gasteiger partial charge in [-0.15, -0.1) is 0 Å². The van der Waals surface area contributed by atoms with Crippen LogP contribution < -0.4 is 10.1 Å². The van der Waals surface area contributed by atoms with Crippen molar-refractivity contribution in [3.05, 3.63) is 64.2 Å². The number of hydrogen-bond acceptors (Lipinski definition) is 2. The van der Waals surface area contributed by atoms with Gasteiger partial charge in [0, 0.05) is 0 Å². The molecule has 0 heterocycles. The lowest BCUT2D eigenvalue weighted by atomic mass is 10.0. The summed E-state index contributed by atoms with van der Waals surface area (Å²) in [5.74, 6) is 0.933. The highest BCUT2D eigenvalue weighted by molar-refractivity contribution is 5.34. The number of hydrogen-bond donors (Lipinski definition) is 1. The normalized spacial score (nSPS) is 12.2. The van der Waals surface area contributed by atoms with Gasteiger partial charge < -0.3 is 10.1 Å². The van der Waals surface area contributed by atoms with E-state index in [0.717, 1.165) is 5.75 Å². The van der Waals surface area contributed by atoms with Crippen LogP contribution in [0, 0.1) is 27.7 Å². The first-order chi connectivity index (χ1) is 10.0.